The molecule has 3 rings (SSSR count). The third kappa shape index (κ3) is 4.47. The molecule has 5 heteroatoms. The lowest BCUT2D eigenvalue weighted by molar-refractivity contribution is -0.156. The summed E-state index contributed by atoms with van der Waals surface area (Å²) in [6.07, 6.45) is 3.82. The first kappa shape index (κ1) is 19.0. The van der Waals surface area contributed by atoms with Crippen molar-refractivity contribution in [3.63, 3.8) is 0 Å². The SMILES string of the molecule is CCc1cccc(-c2cc(Cl)cc(Cl)c2/C=C/[C@@H]2C[C@@H](O)CC(=O)O2)c1. The highest BCUT2D eigenvalue weighted by Gasteiger charge is 2.25. The van der Waals surface area contributed by atoms with Gasteiger partial charge in [0.25, 0.3) is 0 Å². The predicted octanol–water partition coefficient (Wildman–Crippen LogP) is 5.30. The van der Waals surface area contributed by atoms with Gasteiger partial charge in [0.05, 0.1) is 12.5 Å². The summed E-state index contributed by atoms with van der Waals surface area (Å²) >= 11 is 12.7. The second-order valence-electron chi connectivity index (χ2n) is 6.38. The third-order valence-electron chi connectivity index (χ3n) is 4.41. The molecule has 3 nitrogen and oxygen atoms in total. The minimum Gasteiger partial charge on any atom is -0.458 e. The molecule has 136 valence electrons. The molecule has 2 aromatic rings. The Hall–Kier alpha value is -1.81. The summed E-state index contributed by atoms with van der Waals surface area (Å²) in [4.78, 5) is 11.5. The number of ether oxygens (including phenoxy) is 1. The van der Waals surface area contributed by atoms with Crippen LogP contribution >= 0.6 is 23.2 Å². The van der Waals surface area contributed by atoms with E-state index >= 15 is 0 Å². The van der Waals surface area contributed by atoms with Gasteiger partial charge < -0.3 is 9.84 Å². The normalized spacial score (nSPS) is 20.4. The minimum absolute atomic E-state index is 0.0428. The van der Waals surface area contributed by atoms with Crippen molar-refractivity contribution in [1.29, 1.82) is 0 Å². The van der Waals surface area contributed by atoms with Crippen LogP contribution in [0.1, 0.15) is 30.9 Å². The Kier molecular flexibility index (Phi) is 6.02. The van der Waals surface area contributed by atoms with Gasteiger partial charge in [-0.15, -0.1) is 0 Å². The molecule has 1 aliphatic heterocycles. The molecule has 2 atom stereocenters. The van der Waals surface area contributed by atoms with Crippen molar-refractivity contribution in [3.05, 3.63) is 63.6 Å². The molecule has 1 saturated heterocycles. The number of hydrogen-bond donors (Lipinski definition) is 1. The summed E-state index contributed by atoms with van der Waals surface area (Å²) in [6.45, 7) is 2.10. The standard InChI is InChI=1S/C21H20Cl2O3/c1-2-13-4-3-5-14(8-13)19-9-15(22)10-20(23)18(19)7-6-17-11-16(24)12-21(25)26-17/h3-10,16-17,24H,2,11-12H2,1H3/b7-6+/t16-,17-/m1/s1. The van der Waals surface area contributed by atoms with Crippen LogP contribution in [0, 0.1) is 0 Å². The van der Waals surface area contributed by atoms with Gasteiger partial charge in [-0.3, -0.25) is 4.79 Å². The number of cyclic esters (lactones) is 1. The number of hydrogen-bond acceptors (Lipinski definition) is 3. The van der Waals surface area contributed by atoms with E-state index in [2.05, 4.69) is 19.1 Å². The van der Waals surface area contributed by atoms with Crippen LogP contribution in [0.25, 0.3) is 17.2 Å². The van der Waals surface area contributed by atoms with Gasteiger partial charge >= 0.3 is 5.97 Å². The molecule has 0 amide bonds. The summed E-state index contributed by atoms with van der Waals surface area (Å²) in [6, 6.07) is 11.8. The van der Waals surface area contributed by atoms with Crippen molar-refractivity contribution in [2.24, 2.45) is 0 Å². The number of aryl methyl sites for hydroxylation is 1. The Morgan fingerprint density at radius 2 is 2.08 bits per heavy atom. The van der Waals surface area contributed by atoms with E-state index in [0.29, 0.717) is 16.5 Å². The molecule has 0 aromatic heterocycles. The topological polar surface area (TPSA) is 46.5 Å². The van der Waals surface area contributed by atoms with Crippen LogP contribution in [0.5, 0.6) is 0 Å². The van der Waals surface area contributed by atoms with Gasteiger partial charge in [0.2, 0.25) is 0 Å². The molecule has 0 aliphatic carbocycles. The molecule has 26 heavy (non-hydrogen) atoms. The fraction of sp³-hybridized carbons (Fsp3) is 0.286. The maximum Gasteiger partial charge on any atom is 0.309 e. The summed E-state index contributed by atoms with van der Waals surface area (Å²) in [5, 5.41) is 10.8. The lowest BCUT2D eigenvalue weighted by Crippen LogP contribution is -2.31. The van der Waals surface area contributed by atoms with Crippen molar-refractivity contribution in [1.82, 2.24) is 0 Å². The monoisotopic (exact) mass is 390 g/mol. The summed E-state index contributed by atoms with van der Waals surface area (Å²) in [7, 11) is 0. The molecular formula is C21H20Cl2O3. The van der Waals surface area contributed by atoms with E-state index in [1.807, 2.05) is 24.3 Å². The van der Waals surface area contributed by atoms with Crippen LogP contribution in [-0.4, -0.2) is 23.3 Å². The zero-order valence-electron chi connectivity index (χ0n) is 14.4. The lowest BCUT2D eigenvalue weighted by atomic mass is 9.96. The second-order valence-corrected chi connectivity index (χ2v) is 7.23. The first-order valence-corrected chi connectivity index (χ1v) is 9.36. The number of aliphatic hydroxyl groups is 1. The molecule has 0 unspecified atom stereocenters. The molecule has 0 bridgehead atoms. The first-order valence-electron chi connectivity index (χ1n) is 8.60. The van der Waals surface area contributed by atoms with E-state index in [0.717, 1.165) is 23.1 Å². The average Bonchev–Trinajstić information content (AvgIpc) is 2.59. The van der Waals surface area contributed by atoms with Gasteiger partial charge in [-0.25, -0.2) is 0 Å². The molecular weight excluding hydrogens is 371 g/mol. The molecule has 2 aromatic carbocycles. The van der Waals surface area contributed by atoms with Crippen LogP contribution < -0.4 is 0 Å². The molecule has 1 heterocycles. The van der Waals surface area contributed by atoms with Crippen LogP contribution in [-0.2, 0) is 16.0 Å². The predicted molar refractivity (Wildman–Crippen MR) is 105 cm³/mol. The smallest absolute Gasteiger partial charge is 0.309 e. The van der Waals surface area contributed by atoms with Crippen LogP contribution in [0.15, 0.2) is 42.5 Å². The van der Waals surface area contributed by atoms with Crippen molar-refractivity contribution >= 4 is 35.2 Å². The van der Waals surface area contributed by atoms with Gasteiger partial charge in [0, 0.05) is 22.0 Å². The quantitative estimate of drug-likeness (QED) is 0.720. The van der Waals surface area contributed by atoms with E-state index in [-0.39, 0.29) is 6.42 Å². The van der Waals surface area contributed by atoms with Gasteiger partial charge in [-0.2, -0.15) is 0 Å². The fourth-order valence-corrected chi connectivity index (χ4v) is 3.64. The van der Waals surface area contributed by atoms with E-state index in [1.54, 1.807) is 12.1 Å². The Balaban J connectivity index is 1.98. The number of halogens is 2. The van der Waals surface area contributed by atoms with E-state index in [4.69, 9.17) is 27.9 Å². The first-order chi connectivity index (χ1) is 12.5. The number of rotatable bonds is 4. The zero-order chi connectivity index (χ0) is 18.7. The molecule has 0 spiro atoms. The maximum atomic E-state index is 11.5. The zero-order valence-corrected chi connectivity index (χ0v) is 15.9. The van der Waals surface area contributed by atoms with E-state index < -0.39 is 18.2 Å². The molecule has 0 radical (unpaired) electrons. The Bertz CT molecular complexity index is 845. The van der Waals surface area contributed by atoms with Gasteiger partial charge in [-0.1, -0.05) is 60.5 Å². The minimum atomic E-state index is -0.674. The number of carbonyl (C=O) groups is 1. The summed E-state index contributed by atoms with van der Waals surface area (Å²) < 4.78 is 5.27. The molecule has 1 fully saturated rings. The Labute approximate surface area is 163 Å². The van der Waals surface area contributed by atoms with Crippen LogP contribution in [0.4, 0.5) is 0 Å². The van der Waals surface area contributed by atoms with Gasteiger partial charge in [-0.05, 0) is 41.3 Å². The lowest BCUT2D eigenvalue weighted by Gasteiger charge is -2.23. The number of benzene rings is 2. The van der Waals surface area contributed by atoms with E-state index in [1.165, 1.54) is 5.56 Å². The number of aliphatic hydroxyl groups excluding tert-OH is 1. The maximum absolute atomic E-state index is 11.5. The summed E-state index contributed by atoms with van der Waals surface area (Å²) in [5.74, 6) is -0.392. The summed E-state index contributed by atoms with van der Waals surface area (Å²) in [5.41, 5.74) is 3.96. The third-order valence-corrected chi connectivity index (χ3v) is 4.94. The Morgan fingerprint density at radius 3 is 2.81 bits per heavy atom. The fourth-order valence-electron chi connectivity index (χ4n) is 3.08. The highest BCUT2D eigenvalue weighted by Crippen LogP contribution is 2.34. The van der Waals surface area contributed by atoms with Crippen LogP contribution in [0.3, 0.4) is 0 Å². The number of esters is 1. The molecule has 0 saturated carbocycles. The highest BCUT2D eigenvalue weighted by atomic mass is 35.5. The average molecular weight is 391 g/mol. The van der Waals surface area contributed by atoms with Crippen molar-refractivity contribution in [2.75, 3.05) is 0 Å². The van der Waals surface area contributed by atoms with Gasteiger partial charge in [0.1, 0.15) is 6.10 Å². The van der Waals surface area contributed by atoms with Crippen LogP contribution in [0.2, 0.25) is 10.0 Å². The highest BCUT2D eigenvalue weighted by molar-refractivity contribution is 6.36. The largest absolute Gasteiger partial charge is 0.458 e. The van der Waals surface area contributed by atoms with Crippen molar-refractivity contribution < 1.29 is 14.6 Å². The Morgan fingerprint density at radius 1 is 1.27 bits per heavy atom. The van der Waals surface area contributed by atoms with E-state index in [9.17, 15) is 9.90 Å². The van der Waals surface area contributed by atoms with Crippen molar-refractivity contribution in [2.45, 2.75) is 38.4 Å². The van der Waals surface area contributed by atoms with Gasteiger partial charge in [0.15, 0.2) is 0 Å². The second kappa shape index (κ2) is 8.26. The molecule has 1 aliphatic rings. The molecule has 1 N–H and O–H groups in total. The number of carbonyl (C=O) groups excluding carboxylic acids is 1. The van der Waals surface area contributed by atoms with Crippen molar-refractivity contribution in [3.8, 4) is 11.1 Å².